The number of nitrogens with one attached hydrogen (secondary N) is 1. The number of hydrogen-bond donors (Lipinski definition) is 1. The fourth-order valence-electron chi connectivity index (χ4n) is 3.62. The van der Waals surface area contributed by atoms with Crippen molar-refractivity contribution in [2.24, 2.45) is 11.8 Å². The summed E-state index contributed by atoms with van der Waals surface area (Å²) in [6, 6.07) is 8.09. The minimum Gasteiger partial charge on any atom is -0.342 e. The lowest BCUT2D eigenvalue weighted by atomic mass is 9.90. The van der Waals surface area contributed by atoms with E-state index in [0.29, 0.717) is 17.7 Å². The third kappa shape index (κ3) is 3.24. The quantitative estimate of drug-likeness (QED) is 0.911. The number of piperidine rings is 1. The number of likely N-dealkylation sites (tertiary alicyclic amines) is 1. The van der Waals surface area contributed by atoms with Gasteiger partial charge in [0.2, 0.25) is 5.91 Å². The number of nitrogens with zero attached hydrogens (tertiary/aromatic N) is 1. The molecule has 2 aliphatic heterocycles. The minimum atomic E-state index is 0.224. The van der Waals surface area contributed by atoms with Gasteiger partial charge in [-0.2, -0.15) is 0 Å². The second-order valence-corrected chi connectivity index (χ2v) is 6.84. The van der Waals surface area contributed by atoms with Crippen molar-refractivity contribution in [1.29, 1.82) is 0 Å². The maximum absolute atomic E-state index is 12.7. The molecular weight excluding hydrogens is 284 g/mol. The van der Waals surface area contributed by atoms with E-state index in [4.69, 9.17) is 11.6 Å². The lowest BCUT2D eigenvalue weighted by Crippen LogP contribution is -2.40. The normalized spacial score (nSPS) is 27.0. The van der Waals surface area contributed by atoms with E-state index in [0.717, 1.165) is 44.0 Å². The summed E-state index contributed by atoms with van der Waals surface area (Å²) in [4.78, 5) is 14.7. The molecule has 4 heteroatoms. The molecule has 0 radical (unpaired) electrons. The van der Waals surface area contributed by atoms with Crippen molar-refractivity contribution in [2.45, 2.75) is 25.7 Å². The van der Waals surface area contributed by atoms with Crippen LogP contribution in [-0.4, -0.2) is 37.0 Å². The van der Waals surface area contributed by atoms with Crippen molar-refractivity contribution >= 4 is 17.5 Å². The van der Waals surface area contributed by atoms with Crippen LogP contribution in [0, 0.1) is 11.8 Å². The van der Waals surface area contributed by atoms with Gasteiger partial charge in [0.05, 0.1) is 0 Å². The Morgan fingerprint density at radius 1 is 1.19 bits per heavy atom. The molecule has 0 unspecified atom stereocenters. The molecule has 0 saturated carbocycles. The average molecular weight is 307 g/mol. The zero-order valence-corrected chi connectivity index (χ0v) is 13.3. The number of carbonyl (C=O) groups is 1. The number of rotatable bonds is 2. The van der Waals surface area contributed by atoms with Crippen molar-refractivity contribution < 1.29 is 4.79 Å². The van der Waals surface area contributed by atoms with E-state index < -0.39 is 0 Å². The zero-order chi connectivity index (χ0) is 14.8. The Morgan fingerprint density at radius 2 is 1.86 bits per heavy atom. The van der Waals surface area contributed by atoms with Gasteiger partial charge in [0.15, 0.2) is 0 Å². The molecule has 1 amide bonds. The third-order valence-corrected chi connectivity index (χ3v) is 5.16. The second-order valence-electron chi connectivity index (χ2n) is 6.40. The predicted molar refractivity (Wildman–Crippen MR) is 85.5 cm³/mol. The molecule has 2 fully saturated rings. The van der Waals surface area contributed by atoms with E-state index >= 15 is 0 Å². The van der Waals surface area contributed by atoms with Crippen LogP contribution >= 0.6 is 11.6 Å². The van der Waals surface area contributed by atoms with E-state index in [1.165, 1.54) is 5.56 Å². The molecule has 0 spiro atoms. The predicted octanol–water partition coefficient (Wildman–Crippen LogP) is 2.90. The van der Waals surface area contributed by atoms with Gasteiger partial charge < -0.3 is 10.2 Å². The first-order valence-electron chi connectivity index (χ1n) is 7.90. The highest BCUT2D eigenvalue weighted by Gasteiger charge is 2.36. The molecule has 1 aromatic rings. The van der Waals surface area contributed by atoms with Crippen molar-refractivity contribution in [3.63, 3.8) is 0 Å². The number of hydrogen-bond acceptors (Lipinski definition) is 2. The molecule has 1 aromatic carbocycles. The van der Waals surface area contributed by atoms with Crippen LogP contribution < -0.4 is 5.32 Å². The molecule has 2 atom stereocenters. The van der Waals surface area contributed by atoms with Crippen molar-refractivity contribution in [3.05, 3.63) is 34.9 Å². The van der Waals surface area contributed by atoms with Crippen LogP contribution in [0.2, 0.25) is 5.02 Å². The third-order valence-electron chi connectivity index (χ3n) is 4.91. The van der Waals surface area contributed by atoms with E-state index in [2.05, 4.69) is 29.3 Å². The summed E-state index contributed by atoms with van der Waals surface area (Å²) in [7, 11) is 0. The maximum atomic E-state index is 12.7. The molecule has 3 rings (SSSR count). The molecule has 1 N–H and O–H groups in total. The highest BCUT2D eigenvalue weighted by atomic mass is 35.5. The molecule has 0 aliphatic carbocycles. The summed E-state index contributed by atoms with van der Waals surface area (Å²) in [5, 5.41) is 4.10. The van der Waals surface area contributed by atoms with Crippen LogP contribution in [0.3, 0.4) is 0 Å². The fraction of sp³-hybridized carbons (Fsp3) is 0.588. The van der Waals surface area contributed by atoms with Gasteiger partial charge in [-0.3, -0.25) is 4.79 Å². The summed E-state index contributed by atoms with van der Waals surface area (Å²) in [5.74, 6) is 1.53. The van der Waals surface area contributed by atoms with E-state index in [9.17, 15) is 4.79 Å². The Balaban J connectivity index is 1.67. The van der Waals surface area contributed by atoms with E-state index in [1.807, 2.05) is 12.1 Å². The van der Waals surface area contributed by atoms with Gasteiger partial charge in [-0.1, -0.05) is 30.7 Å². The Bertz CT molecular complexity index is 496. The highest BCUT2D eigenvalue weighted by molar-refractivity contribution is 6.30. The number of benzene rings is 1. The monoisotopic (exact) mass is 306 g/mol. The van der Waals surface area contributed by atoms with Crippen LogP contribution in [0.5, 0.6) is 0 Å². The van der Waals surface area contributed by atoms with Gasteiger partial charge in [-0.05, 0) is 49.5 Å². The van der Waals surface area contributed by atoms with Crippen molar-refractivity contribution in [3.8, 4) is 0 Å². The summed E-state index contributed by atoms with van der Waals surface area (Å²) >= 11 is 5.96. The van der Waals surface area contributed by atoms with Crippen molar-refractivity contribution in [2.75, 3.05) is 26.2 Å². The van der Waals surface area contributed by atoms with Crippen LogP contribution in [0.15, 0.2) is 24.3 Å². The van der Waals surface area contributed by atoms with Gasteiger partial charge in [0.1, 0.15) is 0 Å². The molecule has 2 heterocycles. The Labute approximate surface area is 131 Å². The van der Waals surface area contributed by atoms with Crippen molar-refractivity contribution in [1.82, 2.24) is 10.2 Å². The molecule has 114 valence electrons. The van der Waals surface area contributed by atoms with E-state index in [-0.39, 0.29) is 5.92 Å². The Kier molecular flexibility index (Phi) is 4.51. The van der Waals surface area contributed by atoms with Crippen LogP contribution in [0.1, 0.15) is 31.2 Å². The first-order valence-corrected chi connectivity index (χ1v) is 8.28. The number of halogens is 1. The SMILES string of the molecule is C[C@@H]1CN(C(=O)C2CCNCC2)C[C@H]1c1ccc(Cl)cc1. The molecule has 3 nitrogen and oxygen atoms in total. The van der Waals surface area contributed by atoms with Crippen LogP contribution in [-0.2, 0) is 4.79 Å². The van der Waals surface area contributed by atoms with Crippen LogP contribution in [0.4, 0.5) is 0 Å². The standard InChI is InChI=1S/C17H23ClN2O/c1-12-10-20(17(21)14-6-8-19-9-7-14)11-16(12)13-2-4-15(18)5-3-13/h2-5,12,14,16,19H,6-11H2,1H3/t12-,16-/m1/s1. The van der Waals surface area contributed by atoms with E-state index in [1.54, 1.807) is 0 Å². The summed E-state index contributed by atoms with van der Waals surface area (Å²) in [6.45, 7) is 5.93. The Hall–Kier alpha value is -1.06. The lowest BCUT2D eigenvalue weighted by Gasteiger charge is -2.26. The molecule has 2 saturated heterocycles. The molecule has 0 aromatic heterocycles. The van der Waals surface area contributed by atoms with Gasteiger partial charge in [-0.25, -0.2) is 0 Å². The Morgan fingerprint density at radius 3 is 2.52 bits per heavy atom. The topological polar surface area (TPSA) is 32.3 Å². The summed E-state index contributed by atoms with van der Waals surface area (Å²) in [5.41, 5.74) is 1.30. The molecule has 0 bridgehead atoms. The molecular formula is C17H23ClN2O. The molecule has 2 aliphatic rings. The smallest absolute Gasteiger partial charge is 0.225 e. The maximum Gasteiger partial charge on any atom is 0.225 e. The molecule has 21 heavy (non-hydrogen) atoms. The lowest BCUT2D eigenvalue weighted by molar-refractivity contribution is -0.135. The largest absolute Gasteiger partial charge is 0.342 e. The average Bonchev–Trinajstić information content (AvgIpc) is 2.90. The summed E-state index contributed by atoms with van der Waals surface area (Å²) in [6.07, 6.45) is 1.96. The summed E-state index contributed by atoms with van der Waals surface area (Å²) < 4.78 is 0. The zero-order valence-electron chi connectivity index (χ0n) is 12.5. The first-order chi connectivity index (χ1) is 10.1. The van der Waals surface area contributed by atoms with Gasteiger partial charge >= 0.3 is 0 Å². The minimum absolute atomic E-state index is 0.224. The number of amides is 1. The van der Waals surface area contributed by atoms with Gasteiger partial charge in [0.25, 0.3) is 0 Å². The fourth-order valence-corrected chi connectivity index (χ4v) is 3.74. The highest BCUT2D eigenvalue weighted by Crippen LogP contribution is 2.34. The van der Waals surface area contributed by atoms with Gasteiger partial charge in [-0.15, -0.1) is 0 Å². The van der Waals surface area contributed by atoms with Crippen LogP contribution in [0.25, 0.3) is 0 Å². The first kappa shape index (κ1) is 14.9. The second kappa shape index (κ2) is 6.37. The van der Waals surface area contributed by atoms with Gasteiger partial charge in [0, 0.05) is 29.9 Å². The number of carbonyl (C=O) groups excluding carboxylic acids is 1.